The number of imidazole rings is 1. The van der Waals surface area contributed by atoms with Crippen molar-refractivity contribution in [3.63, 3.8) is 0 Å². The molecule has 0 atom stereocenters. The molecule has 3 heterocycles. The number of fused-ring (bicyclic) bond motifs is 3. The van der Waals surface area contributed by atoms with Gasteiger partial charge in [0.05, 0.1) is 21.9 Å². The summed E-state index contributed by atoms with van der Waals surface area (Å²) in [5.74, 6) is 1.69. The summed E-state index contributed by atoms with van der Waals surface area (Å²) in [6.07, 6.45) is 8.62. The molecule has 0 aliphatic heterocycles. The van der Waals surface area contributed by atoms with Crippen molar-refractivity contribution in [3.8, 4) is 0 Å². The highest BCUT2D eigenvalue weighted by atomic mass is 32.1. The maximum Gasteiger partial charge on any atom is 0.112 e. The first-order chi connectivity index (χ1) is 10.3. The minimum absolute atomic E-state index is 0.453. The van der Waals surface area contributed by atoms with E-state index in [0.29, 0.717) is 12.0 Å². The van der Waals surface area contributed by atoms with Gasteiger partial charge >= 0.3 is 0 Å². The van der Waals surface area contributed by atoms with Crippen LogP contribution < -0.4 is 0 Å². The van der Waals surface area contributed by atoms with E-state index in [4.69, 9.17) is 4.98 Å². The van der Waals surface area contributed by atoms with Crippen LogP contribution in [0.1, 0.15) is 63.7 Å². The Kier molecular flexibility index (Phi) is 3.21. The molecule has 4 heteroatoms. The summed E-state index contributed by atoms with van der Waals surface area (Å²) in [5, 5.41) is 2.14. The molecule has 1 aliphatic rings. The number of hydrogen-bond acceptors (Lipinski definition) is 3. The SMILES string of the molecule is CC(C)c1nc2cnc3ccsc3c2n1C1CCCCC1. The van der Waals surface area contributed by atoms with Crippen LogP contribution in [0.15, 0.2) is 17.6 Å². The summed E-state index contributed by atoms with van der Waals surface area (Å²) in [6.45, 7) is 4.50. The van der Waals surface area contributed by atoms with E-state index in [0.717, 1.165) is 11.0 Å². The minimum atomic E-state index is 0.453. The van der Waals surface area contributed by atoms with Gasteiger partial charge in [0.2, 0.25) is 0 Å². The Morgan fingerprint density at radius 1 is 1.19 bits per heavy atom. The van der Waals surface area contributed by atoms with E-state index in [1.165, 1.54) is 48.1 Å². The number of hydrogen-bond donors (Lipinski definition) is 0. The van der Waals surface area contributed by atoms with Crippen LogP contribution in [-0.4, -0.2) is 14.5 Å². The zero-order chi connectivity index (χ0) is 14.4. The lowest BCUT2D eigenvalue weighted by atomic mass is 9.94. The van der Waals surface area contributed by atoms with Crippen LogP contribution in [0.5, 0.6) is 0 Å². The monoisotopic (exact) mass is 299 g/mol. The molecule has 1 fully saturated rings. The Morgan fingerprint density at radius 3 is 2.76 bits per heavy atom. The largest absolute Gasteiger partial charge is 0.323 e. The van der Waals surface area contributed by atoms with E-state index in [1.807, 2.05) is 6.20 Å². The molecule has 4 rings (SSSR count). The van der Waals surface area contributed by atoms with E-state index in [2.05, 4.69) is 34.8 Å². The fraction of sp³-hybridized carbons (Fsp3) is 0.529. The third-order valence-corrected chi connectivity index (χ3v) is 5.52. The van der Waals surface area contributed by atoms with Crippen molar-refractivity contribution < 1.29 is 0 Å². The number of pyridine rings is 1. The average molecular weight is 299 g/mol. The maximum absolute atomic E-state index is 4.92. The normalized spacial score (nSPS) is 17.3. The molecule has 0 aromatic carbocycles. The van der Waals surface area contributed by atoms with Gasteiger partial charge in [0.1, 0.15) is 11.3 Å². The third kappa shape index (κ3) is 2.08. The van der Waals surface area contributed by atoms with Crippen molar-refractivity contribution in [1.82, 2.24) is 14.5 Å². The van der Waals surface area contributed by atoms with Crippen LogP contribution in [0.4, 0.5) is 0 Å². The number of nitrogens with zero attached hydrogens (tertiary/aromatic N) is 3. The van der Waals surface area contributed by atoms with Crippen molar-refractivity contribution in [2.45, 2.75) is 57.9 Å². The third-order valence-electron chi connectivity index (χ3n) is 4.61. The molecule has 0 bridgehead atoms. The van der Waals surface area contributed by atoms with Crippen LogP contribution in [0.25, 0.3) is 21.3 Å². The quantitative estimate of drug-likeness (QED) is 0.645. The molecule has 3 nitrogen and oxygen atoms in total. The number of thiophene rings is 1. The second kappa shape index (κ2) is 5.09. The second-order valence-corrected chi connectivity index (χ2v) is 7.33. The lowest BCUT2D eigenvalue weighted by molar-refractivity contribution is 0.350. The van der Waals surface area contributed by atoms with Crippen molar-refractivity contribution in [3.05, 3.63) is 23.5 Å². The molecular weight excluding hydrogens is 278 g/mol. The predicted molar refractivity (Wildman–Crippen MR) is 89.1 cm³/mol. The van der Waals surface area contributed by atoms with Gasteiger partial charge in [-0.3, -0.25) is 4.98 Å². The van der Waals surface area contributed by atoms with Crippen LogP contribution >= 0.6 is 11.3 Å². The molecule has 0 spiro atoms. The first-order valence-electron chi connectivity index (χ1n) is 7.99. The highest BCUT2D eigenvalue weighted by Crippen LogP contribution is 2.37. The predicted octanol–water partition coefficient (Wildman–Crippen LogP) is 5.27. The Bertz CT molecular complexity index is 778. The van der Waals surface area contributed by atoms with E-state index in [-0.39, 0.29) is 0 Å². The molecule has 21 heavy (non-hydrogen) atoms. The summed E-state index contributed by atoms with van der Waals surface area (Å²) >= 11 is 1.80. The first-order valence-corrected chi connectivity index (χ1v) is 8.87. The molecule has 110 valence electrons. The summed E-state index contributed by atoms with van der Waals surface area (Å²) in [6, 6.07) is 2.74. The van der Waals surface area contributed by atoms with Crippen molar-refractivity contribution >= 4 is 32.6 Å². The summed E-state index contributed by atoms with van der Waals surface area (Å²) in [5.41, 5.74) is 3.50. The summed E-state index contributed by atoms with van der Waals surface area (Å²) < 4.78 is 3.86. The second-order valence-electron chi connectivity index (χ2n) is 6.41. The Morgan fingerprint density at radius 2 is 2.00 bits per heavy atom. The molecule has 0 amide bonds. The number of rotatable bonds is 2. The summed E-state index contributed by atoms with van der Waals surface area (Å²) in [4.78, 5) is 9.49. The average Bonchev–Trinajstić information content (AvgIpc) is 3.11. The Labute approximate surface area is 129 Å². The molecule has 3 aromatic heterocycles. The van der Waals surface area contributed by atoms with Gasteiger partial charge in [-0.15, -0.1) is 11.3 Å². The maximum atomic E-state index is 4.92. The number of aromatic nitrogens is 3. The van der Waals surface area contributed by atoms with Gasteiger partial charge < -0.3 is 4.57 Å². The van der Waals surface area contributed by atoms with Crippen LogP contribution in [-0.2, 0) is 0 Å². The molecule has 1 aliphatic carbocycles. The Hall–Kier alpha value is -1.42. The Balaban J connectivity index is 2.03. The molecule has 0 N–H and O–H groups in total. The highest BCUT2D eigenvalue weighted by Gasteiger charge is 2.24. The minimum Gasteiger partial charge on any atom is -0.323 e. The zero-order valence-electron chi connectivity index (χ0n) is 12.7. The highest BCUT2D eigenvalue weighted by molar-refractivity contribution is 7.18. The lowest BCUT2D eigenvalue weighted by Gasteiger charge is -2.26. The van der Waals surface area contributed by atoms with Crippen molar-refractivity contribution in [1.29, 1.82) is 0 Å². The molecular formula is C17H21N3S. The topological polar surface area (TPSA) is 30.7 Å². The van der Waals surface area contributed by atoms with E-state index < -0.39 is 0 Å². The van der Waals surface area contributed by atoms with E-state index in [1.54, 1.807) is 11.3 Å². The van der Waals surface area contributed by atoms with Gasteiger partial charge in [-0.2, -0.15) is 0 Å². The van der Waals surface area contributed by atoms with Crippen LogP contribution in [0.3, 0.4) is 0 Å². The van der Waals surface area contributed by atoms with Gasteiger partial charge in [0.15, 0.2) is 0 Å². The fourth-order valence-electron chi connectivity index (χ4n) is 3.61. The van der Waals surface area contributed by atoms with E-state index >= 15 is 0 Å². The summed E-state index contributed by atoms with van der Waals surface area (Å²) in [7, 11) is 0. The van der Waals surface area contributed by atoms with Crippen molar-refractivity contribution in [2.75, 3.05) is 0 Å². The van der Waals surface area contributed by atoms with Crippen molar-refractivity contribution in [2.24, 2.45) is 0 Å². The van der Waals surface area contributed by atoms with Gasteiger partial charge in [-0.25, -0.2) is 4.98 Å². The fourth-order valence-corrected chi connectivity index (χ4v) is 4.50. The van der Waals surface area contributed by atoms with Gasteiger partial charge in [-0.05, 0) is 24.3 Å². The smallest absolute Gasteiger partial charge is 0.112 e. The van der Waals surface area contributed by atoms with Crippen LogP contribution in [0.2, 0.25) is 0 Å². The molecule has 0 saturated heterocycles. The van der Waals surface area contributed by atoms with Gasteiger partial charge in [-0.1, -0.05) is 33.1 Å². The lowest BCUT2D eigenvalue weighted by Crippen LogP contribution is -2.16. The molecule has 0 radical (unpaired) electrons. The standard InChI is InChI=1S/C17H21N3S/c1-11(2)17-19-14-10-18-13-8-9-21-16(13)15(14)20(17)12-6-4-3-5-7-12/h8-12H,3-7H2,1-2H3. The van der Waals surface area contributed by atoms with Gasteiger partial charge in [0.25, 0.3) is 0 Å². The van der Waals surface area contributed by atoms with Gasteiger partial charge in [0, 0.05) is 12.0 Å². The first kappa shape index (κ1) is 13.3. The van der Waals surface area contributed by atoms with E-state index in [9.17, 15) is 0 Å². The molecule has 3 aromatic rings. The van der Waals surface area contributed by atoms with Crippen LogP contribution in [0, 0.1) is 0 Å². The zero-order valence-corrected chi connectivity index (χ0v) is 13.5. The molecule has 0 unspecified atom stereocenters. The molecule has 1 saturated carbocycles.